The van der Waals surface area contributed by atoms with E-state index >= 15 is 0 Å². The fraction of sp³-hybridized carbons (Fsp3) is 0.250. The zero-order chi connectivity index (χ0) is 16.1. The third-order valence-corrected chi connectivity index (χ3v) is 3.02. The predicted molar refractivity (Wildman–Crippen MR) is 67.1 cm³/mol. The number of benzene rings is 1. The molecule has 0 aliphatic rings. The normalized spacial score (nSPS) is 12.9. The van der Waals surface area contributed by atoms with E-state index in [1.54, 1.807) is 18.2 Å². The Morgan fingerprint density at radius 2 is 1.81 bits per heavy atom. The number of carbonyl (C=O) groups excluding carboxylic acids is 1. The summed E-state index contributed by atoms with van der Waals surface area (Å²) in [5.74, 6) is -2.38. The minimum atomic E-state index is -5.95. The van der Waals surface area contributed by atoms with Gasteiger partial charge in [-0.1, -0.05) is 30.3 Å². The van der Waals surface area contributed by atoms with Gasteiger partial charge in [0.05, 0.1) is 6.61 Å². The highest BCUT2D eigenvalue weighted by Gasteiger charge is 2.49. The number of esters is 1. The van der Waals surface area contributed by atoms with Crippen molar-refractivity contribution in [1.29, 1.82) is 0 Å². The van der Waals surface area contributed by atoms with Crippen molar-refractivity contribution in [2.75, 3.05) is 6.61 Å². The molecule has 0 N–H and O–H groups in total. The highest BCUT2D eigenvalue weighted by Crippen LogP contribution is 2.27. The molecule has 0 bridgehead atoms. The molecule has 0 fully saturated rings. The second-order valence-electron chi connectivity index (χ2n) is 3.62. The van der Waals surface area contributed by atoms with E-state index in [1.807, 2.05) is 0 Å². The van der Waals surface area contributed by atoms with E-state index < -0.39 is 27.4 Å². The SMILES string of the molecule is CCOC(=O)/C(=C\c1ccccc1)OS(=O)(=O)C(F)(F)F. The Kier molecular flexibility index (Phi) is 5.36. The van der Waals surface area contributed by atoms with Crippen LogP contribution in [0.1, 0.15) is 12.5 Å². The lowest BCUT2D eigenvalue weighted by Gasteiger charge is -2.11. The van der Waals surface area contributed by atoms with E-state index in [1.165, 1.54) is 19.1 Å². The molecule has 5 nitrogen and oxygen atoms in total. The number of carbonyl (C=O) groups is 1. The number of hydrogen-bond acceptors (Lipinski definition) is 5. The number of alkyl halides is 3. The Labute approximate surface area is 119 Å². The van der Waals surface area contributed by atoms with Crippen LogP contribution in [0.3, 0.4) is 0 Å². The van der Waals surface area contributed by atoms with Crippen LogP contribution >= 0.6 is 0 Å². The summed E-state index contributed by atoms with van der Waals surface area (Å²) in [4.78, 5) is 11.5. The molecule has 0 saturated carbocycles. The topological polar surface area (TPSA) is 69.7 Å². The van der Waals surface area contributed by atoms with Crippen molar-refractivity contribution in [3.63, 3.8) is 0 Å². The number of halogens is 3. The van der Waals surface area contributed by atoms with Crippen molar-refractivity contribution in [3.05, 3.63) is 41.7 Å². The number of ether oxygens (including phenoxy) is 1. The Balaban J connectivity index is 3.17. The van der Waals surface area contributed by atoms with Gasteiger partial charge in [-0.15, -0.1) is 0 Å². The molecule has 0 aliphatic heterocycles. The lowest BCUT2D eigenvalue weighted by molar-refractivity contribution is -0.141. The van der Waals surface area contributed by atoms with Crippen molar-refractivity contribution in [2.24, 2.45) is 0 Å². The monoisotopic (exact) mass is 324 g/mol. The van der Waals surface area contributed by atoms with Gasteiger partial charge < -0.3 is 8.92 Å². The molecule has 1 aromatic carbocycles. The molecule has 0 heterocycles. The van der Waals surface area contributed by atoms with E-state index in [2.05, 4.69) is 8.92 Å². The van der Waals surface area contributed by atoms with Crippen molar-refractivity contribution >= 4 is 22.2 Å². The van der Waals surface area contributed by atoms with Crippen molar-refractivity contribution in [2.45, 2.75) is 12.4 Å². The summed E-state index contributed by atoms with van der Waals surface area (Å²) in [6, 6.07) is 7.63. The second-order valence-corrected chi connectivity index (χ2v) is 5.16. The van der Waals surface area contributed by atoms with Crippen molar-refractivity contribution in [1.82, 2.24) is 0 Å². The van der Waals surface area contributed by atoms with Gasteiger partial charge in [-0.05, 0) is 18.6 Å². The van der Waals surface area contributed by atoms with Gasteiger partial charge in [-0.3, -0.25) is 0 Å². The van der Waals surface area contributed by atoms with Crippen LogP contribution in [0.5, 0.6) is 0 Å². The third-order valence-electron chi connectivity index (χ3n) is 2.06. The Morgan fingerprint density at radius 1 is 1.24 bits per heavy atom. The van der Waals surface area contributed by atoms with Crippen LogP contribution in [0.2, 0.25) is 0 Å². The molecule has 116 valence electrons. The largest absolute Gasteiger partial charge is 0.534 e. The number of rotatable bonds is 5. The molecule has 0 aromatic heterocycles. The van der Waals surface area contributed by atoms with Crippen molar-refractivity contribution in [3.8, 4) is 0 Å². The quantitative estimate of drug-likeness (QED) is 0.274. The molecule has 9 heteroatoms. The molecular formula is C12H11F3O5S. The molecule has 0 spiro atoms. The minimum absolute atomic E-state index is 0.152. The first kappa shape index (κ1) is 17.0. The standard InChI is InChI=1S/C12H11F3O5S/c1-2-19-11(16)10(8-9-6-4-3-5-7-9)20-21(17,18)12(13,14)15/h3-8H,2H2,1H3/b10-8+. The summed E-state index contributed by atoms with van der Waals surface area (Å²) in [7, 11) is -5.95. The minimum Gasteiger partial charge on any atom is -0.460 e. The average Bonchev–Trinajstić information content (AvgIpc) is 2.38. The summed E-state index contributed by atoms with van der Waals surface area (Å²) in [6.07, 6.45) is 0.848. The Hall–Kier alpha value is -2.03. The third kappa shape index (κ3) is 4.78. The van der Waals surface area contributed by atoms with Gasteiger partial charge >= 0.3 is 21.6 Å². The van der Waals surface area contributed by atoms with E-state index in [4.69, 9.17) is 0 Å². The molecule has 0 amide bonds. The molecule has 0 atom stereocenters. The van der Waals surface area contributed by atoms with Gasteiger partial charge in [0.25, 0.3) is 0 Å². The fourth-order valence-electron chi connectivity index (χ4n) is 1.19. The van der Waals surface area contributed by atoms with Crippen LogP contribution in [-0.4, -0.2) is 26.5 Å². The summed E-state index contributed by atoms with van der Waals surface area (Å²) >= 11 is 0. The van der Waals surface area contributed by atoms with Crippen LogP contribution in [0, 0.1) is 0 Å². The van der Waals surface area contributed by atoms with Gasteiger partial charge in [0.1, 0.15) is 0 Å². The second kappa shape index (κ2) is 6.61. The molecule has 1 aromatic rings. The number of hydrogen-bond donors (Lipinski definition) is 0. The molecular weight excluding hydrogens is 313 g/mol. The van der Waals surface area contributed by atoms with E-state index in [0.717, 1.165) is 6.08 Å². The first-order chi connectivity index (χ1) is 9.67. The van der Waals surface area contributed by atoms with E-state index in [9.17, 15) is 26.4 Å². The average molecular weight is 324 g/mol. The van der Waals surface area contributed by atoms with Gasteiger partial charge in [0.2, 0.25) is 5.76 Å². The smallest absolute Gasteiger partial charge is 0.460 e. The maximum atomic E-state index is 12.3. The molecule has 0 saturated heterocycles. The molecule has 0 aliphatic carbocycles. The van der Waals surface area contributed by atoms with Gasteiger partial charge in [-0.25, -0.2) is 4.79 Å². The van der Waals surface area contributed by atoms with Crippen LogP contribution in [0.25, 0.3) is 6.08 Å². The van der Waals surface area contributed by atoms with Crippen LogP contribution in [0.4, 0.5) is 13.2 Å². The molecule has 0 unspecified atom stereocenters. The highest BCUT2D eigenvalue weighted by atomic mass is 32.2. The van der Waals surface area contributed by atoms with Crippen LogP contribution in [0.15, 0.2) is 36.1 Å². The zero-order valence-corrected chi connectivity index (χ0v) is 11.6. The lowest BCUT2D eigenvalue weighted by atomic mass is 10.2. The van der Waals surface area contributed by atoms with Crippen LogP contribution in [-0.2, 0) is 23.8 Å². The maximum absolute atomic E-state index is 12.3. The summed E-state index contributed by atoms with van der Waals surface area (Å²) in [6.45, 7) is 1.26. The lowest BCUT2D eigenvalue weighted by Crippen LogP contribution is -2.27. The maximum Gasteiger partial charge on any atom is 0.534 e. The van der Waals surface area contributed by atoms with Crippen LogP contribution < -0.4 is 0 Å². The zero-order valence-electron chi connectivity index (χ0n) is 10.8. The fourth-order valence-corrected chi connectivity index (χ4v) is 1.63. The highest BCUT2D eigenvalue weighted by molar-refractivity contribution is 7.87. The molecule has 1 rings (SSSR count). The van der Waals surface area contributed by atoms with E-state index in [0.29, 0.717) is 0 Å². The predicted octanol–water partition coefficient (Wildman–Crippen LogP) is 2.46. The van der Waals surface area contributed by atoms with Gasteiger partial charge in [0, 0.05) is 0 Å². The first-order valence-corrected chi connectivity index (χ1v) is 7.03. The van der Waals surface area contributed by atoms with E-state index in [-0.39, 0.29) is 12.2 Å². The first-order valence-electron chi connectivity index (χ1n) is 5.62. The Bertz CT molecular complexity index is 620. The van der Waals surface area contributed by atoms with Gasteiger partial charge in [-0.2, -0.15) is 21.6 Å². The Morgan fingerprint density at radius 3 is 2.29 bits per heavy atom. The van der Waals surface area contributed by atoms with Gasteiger partial charge in [0.15, 0.2) is 0 Å². The molecule has 0 radical (unpaired) electrons. The van der Waals surface area contributed by atoms with Crippen molar-refractivity contribution < 1.29 is 35.3 Å². The summed E-state index contributed by atoms with van der Waals surface area (Å²) in [5.41, 5.74) is -5.37. The molecule has 21 heavy (non-hydrogen) atoms. The summed E-state index contributed by atoms with van der Waals surface area (Å²) in [5, 5.41) is 0. The summed E-state index contributed by atoms with van der Waals surface area (Å²) < 4.78 is 67.1.